The lowest BCUT2D eigenvalue weighted by molar-refractivity contribution is 0.413. The quantitative estimate of drug-likeness (QED) is 0.872. The molecule has 0 unspecified atom stereocenters. The summed E-state index contributed by atoms with van der Waals surface area (Å²) in [5.74, 6) is 1.05. The molecule has 0 saturated heterocycles. The Hall–Kier alpha value is -2.12. The van der Waals surface area contributed by atoms with E-state index >= 15 is 0 Å². The normalized spacial score (nSPS) is 10.1. The Morgan fingerprint density at radius 2 is 2.11 bits per heavy atom. The molecule has 0 radical (unpaired) electrons. The van der Waals surface area contributed by atoms with Crippen molar-refractivity contribution in [1.82, 2.24) is 4.98 Å². The minimum absolute atomic E-state index is 0.340. The number of aryl methyl sites for hydroxylation is 1. The van der Waals surface area contributed by atoms with Gasteiger partial charge in [0, 0.05) is 10.6 Å². The number of nitrogens with one attached hydrogen (secondary N) is 1. The van der Waals surface area contributed by atoms with Gasteiger partial charge in [-0.2, -0.15) is 5.26 Å². The second-order valence-corrected chi connectivity index (χ2v) is 4.36. The molecular formula is C13H12ClN3O. The Morgan fingerprint density at radius 3 is 2.67 bits per heavy atom. The molecule has 0 bridgehead atoms. The van der Waals surface area contributed by atoms with Crippen molar-refractivity contribution in [2.45, 2.75) is 6.92 Å². The van der Waals surface area contributed by atoms with Crippen LogP contribution in [0.25, 0.3) is 11.3 Å². The number of nitrogens with two attached hydrogens (primary N) is 1. The Morgan fingerprint density at radius 1 is 1.39 bits per heavy atom. The van der Waals surface area contributed by atoms with Crippen LogP contribution < -0.4 is 10.5 Å². The molecule has 3 N–H and O–H groups in total. The third-order valence-corrected chi connectivity index (χ3v) is 2.92. The number of benzene rings is 1. The van der Waals surface area contributed by atoms with E-state index in [4.69, 9.17) is 27.3 Å². The highest BCUT2D eigenvalue weighted by Crippen LogP contribution is 2.36. The van der Waals surface area contributed by atoms with Crippen molar-refractivity contribution in [2.75, 3.05) is 12.8 Å². The number of H-pyrrole nitrogens is 1. The highest BCUT2D eigenvalue weighted by atomic mass is 35.5. The number of hydrogen-bond donors (Lipinski definition) is 2. The van der Waals surface area contributed by atoms with Crippen LogP contribution in [-0.2, 0) is 0 Å². The number of halogens is 1. The van der Waals surface area contributed by atoms with E-state index in [0.717, 1.165) is 11.1 Å². The molecule has 0 aliphatic rings. The van der Waals surface area contributed by atoms with Crippen LogP contribution in [0.2, 0.25) is 5.02 Å². The standard InChI is InChI=1S/C13H12ClN3O/c1-7-3-9(14)5-10(12(7)18-2)11-4-8(6-15)13(16)17-11/h3-5,17H,16H2,1-2H3. The van der Waals surface area contributed by atoms with Crippen LogP contribution in [0.15, 0.2) is 18.2 Å². The average Bonchev–Trinajstić information content (AvgIpc) is 2.69. The average molecular weight is 262 g/mol. The molecule has 0 saturated carbocycles. The molecule has 92 valence electrons. The molecule has 0 spiro atoms. The summed E-state index contributed by atoms with van der Waals surface area (Å²) in [7, 11) is 1.59. The van der Waals surface area contributed by atoms with Gasteiger partial charge in [0.05, 0.1) is 18.4 Å². The SMILES string of the molecule is COc1c(C)cc(Cl)cc1-c1cc(C#N)c(N)[nH]1. The Balaban J connectivity index is 2.66. The van der Waals surface area contributed by atoms with Gasteiger partial charge in [0.1, 0.15) is 17.6 Å². The van der Waals surface area contributed by atoms with E-state index in [1.807, 2.05) is 19.1 Å². The van der Waals surface area contributed by atoms with Gasteiger partial charge in [-0.05, 0) is 30.7 Å². The maximum absolute atomic E-state index is 8.91. The molecule has 2 aromatic rings. The van der Waals surface area contributed by atoms with E-state index in [0.29, 0.717) is 27.8 Å². The molecule has 4 nitrogen and oxygen atoms in total. The predicted octanol–water partition coefficient (Wildman–Crippen LogP) is 3.11. The molecule has 0 atom stereocenters. The highest BCUT2D eigenvalue weighted by molar-refractivity contribution is 6.31. The number of nitrogens with zero attached hydrogens (tertiary/aromatic N) is 1. The van der Waals surface area contributed by atoms with Crippen molar-refractivity contribution in [2.24, 2.45) is 0 Å². The minimum Gasteiger partial charge on any atom is -0.496 e. The topological polar surface area (TPSA) is 74.8 Å². The number of anilines is 1. The Bertz CT molecular complexity index is 640. The van der Waals surface area contributed by atoms with Gasteiger partial charge >= 0.3 is 0 Å². The number of aromatic nitrogens is 1. The summed E-state index contributed by atoms with van der Waals surface area (Å²) in [6, 6.07) is 7.30. The molecule has 5 heteroatoms. The van der Waals surface area contributed by atoms with Crippen LogP contribution in [0.1, 0.15) is 11.1 Å². The van der Waals surface area contributed by atoms with Gasteiger partial charge < -0.3 is 15.5 Å². The number of nitrogen functional groups attached to an aromatic ring is 1. The summed E-state index contributed by atoms with van der Waals surface area (Å²) in [5, 5.41) is 9.51. The van der Waals surface area contributed by atoms with Crippen LogP contribution in [0, 0.1) is 18.3 Å². The summed E-state index contributed by atoms with van der Waals surface area (Å²) in [5.41, 5.74) is 8.54. The van der Waals surface area contributed by atoms with Gasteiger partial charge in [-0.3, -0.25) is 0 Å². The van der Waals surface area contributed by atoms with Crippen molar-refractivity contribution in [1.29, 1.82) is 5.26 Å². The van der Waals surface area contributed by atoms with Crippen molar-refractivity contribution in [3.63, 3.8) is 0 Å². The number of ether oxygens (including phenoxy) is 1. The Labute approximate surface area is 110 Å². The number of methoxy groups -OCH3 is 1. The largest absolute Gasteiger partial charge is 0.496 e. The molecule has 0 fully saturated rings. The zero-order valence-electron chi connectivity index (χ0n) is 10.0. The van der Waals surface area contributed by atoms with Crippen molar-refractivity contribution in [3.8, 4) is 23.1 Å². The smallest absolute Gasteiger partial charge is 0.131 e. The molecule has 18 heavy (non-hydrogen) atoms. The van der Waals surface area contributed by atoms with Crippen LogP contribution in [0.3, 0.4) is 0 Å². The zero-order chi connectivity index (χ0) is 13.3. The van der Waals surface area contributed by atoms with Crippen molar-refractivity contribution >= 4 is 17.4 Å². The lowest BCUT2D eigenvalue weighted by Gasteiger charge is -2.10. The van der Waals surface area contributed by atoms with E-state index in [-0.39, 0.29) is 0 Å². The third kappa shape index (κ3) is 2.01. The summed E-state index contributed by atoms with van der Waals surface area (Å²) >= 11 is 6.04. The second-order valence-electron chi connectivity index (χ2n) is 3.93. The summed E-state index contributed by atoms with van der Waals surface area (Å²) < 4.78 is 5.37. The van der Waals surface area contributed by atoms with Crippen LogP contribution in [0.5, 0.6) is 5.75 Å². The molecule has 0 aliphatic heterocycles. The molecule has 1 aromatic heterocycles. The number of rotatable bonds is 2. The first-order chi connectivity index (χ1) is 8.56. The lowest BCUT2D eigenvalue weighted by Crippen LogP contribution is -1.92. The van der Waals surface area contributed by atoms with Gasteiger partial charge in [0.15, 0.2) is 0 Å². The van der Waals surface area contributed by atoms with Crippen LogP contribution in [0.4, 0.5) is 5.82 Å². The summed E-state index contributed by atoms with van der Waals surface area (Å²) in [4.78, 5) is 2.96. The fraction of sp³-hybridized carbons (Fsp3) is 0.154. The van der Waals surface area contributed by atoms with Crippen LogP contribution in [-0.4, -0.2) is 12.1 Å². The number of aromatic amines is 1. The molecule has 0 aliphatic carbocycles. The third-order valence-electron chi connectivity index (χ3n) is 2.70. The van der Waals surface area contributed by atoms with Gasteiger partial charge in [-0.1, -0.05) is 11.6 Å². The zero-order valence-corrected chi connectivity index (χ0v) is 10.8. The number of hydrogen-bond acceptors (Lipinski definition) is 3. The van der Waals surface area contributed by atoms with Gasteiger partial charge in [-0.25, -0.2) is 0 Å². The first kappa shape index (κ1) is 12.3. The van der Waals surface area contributed by atoms with Gasteiger partial charge in [0.2, 0.25) is 0 Å². The maximum atomic E-state index is 8.91. The second kappa shape index (κ2) is 4.63. The number of nitriles is 1. The van der Waals surface area contributed by atoms with E-state index in [2.05, 4.69) is 4.98 Å². The van der Waals surface area contributed by atoms with Crippen molar-refractivity contribution in [3.05, 3.63) is 34.3 Å². The lowest BCUT2D eigenvalue weighted by atomic mass is 10.1. The highest BCUT2D eigenvalue weighted by Gasteiger charge is 2.14. The monoisotopic (exact) mass is 261 g/mol. The summed E-state index contributed by atoms with van der Waals surface area (Å²) in [6.45, 7) is 1.91. The van der Waals surface area contributed by atoms with E-state index < -0.39 is 0 Å². The first-order valence-corrected chi connectivity index (χ1v) is 5.67. The summed E-state index contributed by atoms with van der Waals surface area (Å²) in [6.07, 6.45) is 0. The first-order valence-electron chi connectivity index (χ1n) is 5.30. The fourth-order valence-corrected chi connectivity index (χ4v) is 2.18. The van der Waals surface area contributed by atoms with E-state index in [9.17, 15) is 0 Å². The predicted molar refractivity (Wildman–Crippen MR) is 71.7 cm³/mol. The Kier molecular flexibility index (Phi) is 3.17. The minimum atomic E-state index is 0.340. The maximum Gasteiger partial charge on any atom is 0.131 e. The van der Waals surface area contributed by atoms with Crippen LogP contribution >= 0.6 is 11.6 Å². The molecule has 2 rings (SSSR count). The fourth-order valence-electron chi connectivity index (χ4n) is 1.91. The molecule has 0 amide bonds. The van der Waals surface area contributed by atoms with Gasteiger partial charge in [-0.15, -0.1) is 0 Å². The van der Waals surface area contributed by atoms with E-state index in [1.165, 1.54) is 0 Å². The van der Waals surface area contributed by atoms with Crippen molar-refractivity contribution < 1.29 is 4.74 Å². The van der Waals surface area contributed by atoms with Gasteiger partial charge in [0.25, 0.3) is 0 Å². The molecular weight excluding hydrogens is 250 g/mol. The molecule has 1 aromatic carbocycles. The molecule has 1 heterocycles. The van der Waals surface area contributed by atoms with E-state index in [1.54, 1.807) is 19.2 Å².